The summed E-state index contributed by atoms with van der Waals surface area (Å²) in [5.74, 6) is 0.737. The van der Waals surface area contributed by atoms with Crippen molar-refractivity contribution in [1.29, 1.82) is 0 Å². The van der Waals surface area contributed by atoms with Crippen molar-refractivity contribution in [2.75, 3.05) is 0 Å². The van der Waals surface area contributed by atoms with E-state index in [1.807, 2.05) is 59.3 Å². The van der Waals surface area contributed by atoms with Gasteiger partial charge in [0.15, 0.2) is 11.0 Å². The van der Waals surface area contributed by atoms with Crippen molar-refractivity contribution in [3.63, 3.8) is 0 Å². The Hall–Kier alpha value is -2.90. The van der Waals surface area contributed by atoms with Gasteiger partial charge in [0.25, 0.3) is 0 Å². The number of amides is 1. The Bertz CT molecular complexity index is 1110. The Morgan fingerprint density at radius 3 is 2.53 bits per heavy atom. The summed E-state index contributed by atoms with van der Waals surface area (Å²) in [6, 6.07) is 22.2. The molecule has 0 aliphatic carbocycles. The van der Waals surface area contributed by atoms with Gasteiger partial charge in [-0.3, -0.25) is 9.36 Å². The lowest BCUT2D eigenvalue weighted by Crippen LogP contribution is -2.30. The van der Waals surface area contributed by atoms with Crippen LogP contribution >= 0.6 is 23.1 Å². The molecule has 2 aromatic carbocycles. The number of nitrogens with one attached hydrogen (secondary N) is 1. The van der Waals surface area contributed by atoms with E-state index in [-0.39, 0.29) is 11.2 Å². The molecule has 0 saturated heterocycles. The maximum atomic E-state index is 12.6. The van der Waals surface area contributed by atoms with Gasteiger partial charge in [0, 0.05) is 16.1 Å². The SMILES string of the molecule is Cc1ccc(-n2c(SC(C)C(=O)NCc3cccs3)nnc2-c2ccccc2)cc1. The maximum Gasteiger partial charge on any atom is 0.233 e. The van der Waals surface area contributed by atoms with Gasteiger partial charge in [-0.15, -0.1) is 21.5 Å². The van der Waals surface area contributed by atoms with Crippen LogP contribution in [0.4, 0.5) is 0 Å². The fourth-order valence-corrected chi connectivity index (χ4v) is 4.53. The quantitative estimate of drug-likeness (QED) is 0.411. The van der Waals surface area contributed by atoms with Gasteiger partial charge < -0.3 is 5.32 Å². The number of aromatic nitrogens is 3. The number of nitrogens with zero attached hydrogens (tertiary/aromatic N) is 3. The van der Waals surface area contributed by atoms with Crippen molar-refractivity contribution in [3.8, 4) is 17.1 Å². The van der Waals surface area contributed by atoms with Crippen LogP contribution in [0.2, 0.25) is 0 Å². The predicted molar refractivity (Wildman–Crippen MR) is 123 cm³/mol. The second-order valence-electron chi connectivity index (χ2n) is 6.90. The van der Waals surface area contributed by atoms with E-state index in [1.54, 1.807) is 11.3 Å². The van der Waals surface area contributed by atoms with Gasteiger partial charge in [0.1, 0.15) is 0 Å². The van der Waals surface area contributed by atoms with E-state index >= 15 is 0 Å². The normalized spacial score (nSPS) is 11.9. The molecule has 0 radical (unpaired) electrons. The molecule has 0 spiro atoms. The molecule has 1 amide bonds. The van der Waals surface area contributed by atoms with Gasteiger partial charge in [0.05, 0.1) is 11.8 Å². The summed E-state index contributed by atoms with van der Waals surface area (Å²) >= 11 is 3.05. The molecule has 1 atom stereocenters. The lowest BCUT2D eigenvalue weighted by atomic mass is 10.2. The minimum absolute atomic E-state index is 0.0203. The summed E-state index contributed by atoms with van der Waals surface area (Å²) in [5, 5.41) is 14.3. The third-order valence-corrected chi connectivity index (χ3v) is 6.54. The van der Waals surface area contributed by atoms with E-state index in [4.69, 9.17) is 0 Å². The van der Waals surface area contributed by atoms with Crippen LogP contribution in [0.15, 0.2) is 77.3 Å². The number of thiophene rings is 1. The van der Waals surface area contributed by atoms with E-state index in [0.29, 0.717) is 11.7 Å². The Morgan fingerprint density at radius 1 is 1.07 bits per heavy atom. The molecule has 30 heavy (non-hydrogen) atoms. The van der Waals surface area contributed by atoms with Crippen LogP contribution in [0.5, 0.6) is 0 Å². The number of thioether (sulfide) groups is 1. The minimum Gasteiger partial charge on any atom is -0.350 e. The van der Waals surface area contributed by atoms with Crippen molar-refractivity contribution < 1.29 is 4.79 Å². The van der Waals surface area contributed by atoms with Crippen molar-refractivity contribution >= 4 is 29.0 Å². The molecular weight excluding hydrogens is 412 g/mol. The van der Waals surface area contributed by atoms with Gasteiger partial charge in [-0.05, 0) is 37.4 Å². The molecule has 2 aromatic heterocycles. The van der Waals surface area contributed by atoms with E-state index in [1.165, 1.54) is 17.3 Å². The largest absolute Gasteiger partial charge is 0.350 e. The first-order chi connectivity index (χ1) is 14.6. The summed E-state index contributed by atoms with van der Waals surface area (Å²) < 4.78 is 2.02. The zero-order chi connectivity index (χ0) is 20.9. The number of carbonyl (C=O) groups excluding carboxylic acids is 1. The Balaban J connectivity index is 1.60. The third kappa shape index (κ3) is 4.63. The molecule has 1 N–H and O–H groups in total. The fourth-order valence-electron chi connectivity index (χ4n) is 2.99. The molecule has 2 heterocycles. The highest BCUT2D eigenvalue weighted by molar-refractivity contribution is 8.00. The van der Waals surface area contributed by atoms with Crippen LogP contribution in [-0.4, -0.2) is 25.9 Å². The molecule has 0 aliphatic heterocycles. The maximum absolute atomic E-state index is 12.6. The van der Waals surface area contributed by atoms with Crippen LogP contribution in [0.25, 0.3) is 17.1 Å². The zero-order valence-corrected chi connectivity index (χ0v) is 18.4. The Morgan fingerprint density at radius 2 is 1.83 bits per heavy atom. The Labute approximate surface area is 184 Å². The number of hydrogen-bond acceptors (Lipinski definition) is 5. The monoisotopic (exact) mass is 434 g/mol. The number of hydrogen-bond donors (Lipinski definition) is 1. The van der Waals surface area contributed by atoms with Crippen LogP contribution in [0, 0.1) is 6.92 Å². The van der Waals surface area contributed by atoms with E-state index in [2.05, 4.69) is 46.7 Å². The number of carbonyl (C=O) groups is 1. The van der Waals surface area contributed by atoms with Gasteiger partial charge >= 0.3 is 0 Å². The minimum atomic E-state index is -0.304. The average molecular weight is 435 g/mol. The fraction of sp³-hybridized carbons (Fsp3) is 0.174. The zero-order valence-electron chi connectivity index (χ0n) is 16.8. The van der Waals surface area contributed by atoms with Gasteiger partial charge in [0.2, 0.25) is 5.91 Å². The molecule has 0 fully saturated rings. The summed E-state index contributed by atoms with van der Waals surface area (Å²) in [7, 11) is 0. The van der Waals surface area contributed by atoms with Gasteiger partial charge in [-0.1, -0.05) is 65.9 Å². The van der Waals surface area contributed by atoms with Crippen LogP contribution in [0.1, 0.15) is 17.4 Å². The second kappa shape index (κ2) is 9.28. The molecule has 0 aliphatic rings. The molecule has 0 bridgehead atoms. The van der Waals surface area contributed by atoms with Crippen molar-refractivity contribution in [2.24, 2.45) is 0 Å². The average Bonchev–Trinajstić information content (AvgIpc) is 3.43. The molecule has 0 saturated carbocycles. The lowest BCUT2D eigenvalue weighted by molar-refractivity contribution is -0.120. The molecule has 5 nitrogen and oxygen atoms in total. The van der Waals surface area contributed by atoms with Crippen molar-refractivity contribution in [2.45, 2.75) is 30.8 Å². The van der Waals surface area contributed by atoms with Crippen LogP contribution in [-0.2, 0) is 11.3 Å². The molecule has 4 aromatic rings. The number of aryl methyl sites for hydroxylation is 1. The highest BCUT2D eigenvalue weighted by Gasteiger charge is 2.21. The third-order valence-electron chi connectivity index (χ3n) is 4.63. The molecular formula is C23H22N4OS2. The van der Waals surface area contributed by atoms with Gasteiger partial charge in [-0.25, -0.2) is 0 Å². The van der Waals surface area contributed by atoms with E-state index < -0.39 is 0 Å². The topological polar surface area (TPSA) is 59.8 Å². The van der Waals surface area contributed by atoms with Crippen molar-refractivity contribution in [3.05, 3.63) is 82.6 Å². The molecule has 152 valence electrons. The molecule has 1 unspecified atom stereocenters. The lowest BCUT2D eigenvalue weighted by Gasteiger charge is -2.14. The summed E-state index contributed by atoms with van der Waals surface area (Å²) in [4.78, 5) is 13.8. The number of rotatable bonds is 7. The second-order valence-corrected chi connectivity index (χ2v) is 9.24. The highest BCUT2D eigenvalue weighted by Crippen LogP contribution is 2.30. The smallest absolute Gasteiger partial charge is 0.233 e. The van der Waals surface area contributed by atoms with E-state index in [9.17, 15) is 4.79 Å². The first-order valence-electron chi connectivity index (χ1n) is 9.66. The Kier molecular flexibility index (Phi) is 6.30. The molecule has 4 rings (SSSR count). The number of benzene rings is 2. The summed E-state index contributed by atoms with van der Waals surface area (Å²) in [6.45, 7) is 4.50. The van der Waals surface area contributed by atoms with Crippen molar-refractivity contribution in [1.82, 2.24) is 20.1 Å². The first-order valence-corrected chi connectivity index (χ1v) is 11.4. The van der Waals surface area contributed by atoms with Gasteiger partial charge in [-0.2, -0.15) is 0 Å². The molecule has 7 heteroatoms. The van der Waals surface area contributed by atoms with E-state index in [0.717, 1.165) is 22.0 Å². The first kappa shape index (κ1) is 20.4. The summed E-state index contributed by atoms with van der Waals surface area (Å²) in [6.07, 6.45) is 0. The van der Waals surface area contributed by atoms with Crippen LogP contribution in [0.3, 0.4) is 0 Å². The standard InChI is InChI=1S/C23H22N4OS2/c1-16-10-12-19(13-11-16)27-21(18-7-4-3-5-8-18)25-26-23(27)30-17(2)22(28)24-15-20-9-6-14-29-20/h3-14,17H,15H2,1-2H3,(H,24,28). The summed E-state index contributed by atoms with van der Waals surface area (Å²) in [5.41, 5.74) is 3.13. The van der Waals surface area contributed by atoms with Crippen LogP contribution < -0.4 is 5.32 Å². The highest BCUT2D eigenvalue weighted by atomic mass is 32.2. The predicted octanol–water partition coefficient (Wildman–Crippen LogP) is 5.10.